The number of likely N-dealkylation sites (N-methyl/N-ethyl adjacent to an activating group) is 1. The Morgan fingerprint density at radius 2 is 1.79 bits per heavy atom. The van der Waals surface area contributed by atoms with Crippen molar-refractivity contribution in [2.24, 2.45) is 0 Å². The molecule has 0 aliphatic carbocycles. The predicted molar refractivity (Wildman–Crippen MR) is 162 cm³/mol. The van der Waals surface area contributed by atoms with Gasteiger partial charge < -0.3 is 25.8 Å². The molecule has 4 N–H and O–H groups in total. The fraction of sp³-hybridized carbons (Fsp3) is 0.300. The number of alkyl halides is 3. The molecule has 1 amide bonds. The molecule has 4 aromatic rings. The summed E-state index contributed by atoms with van der Waals surface area (Å²) in [6, 6.07) is 13.0. The lowest BCUT2D eigenvalue weighted by atomic mass is 10.0. The summed E-state index contributed by atoms with van der Waals surface area (Å²) < 4.78 is 42.2. The predicted octanol–water partition coefficient (Wildman–Crippen LogP) is 6.58. The quantitative estimate of drug-likeness (QED) is 0.178. The number of nitrogens with one attached hydrogen (secondary N) is 4. The van der Waals surface area contributed by atoms with Crippen molar-refractivity contribution in [3.63, 3.8) is 0 Å². The van der Waals surface area contributed by atoms with Gasteiger partial charge in [-0.3, -0.25) is 9.69 Å². The van der Waals surface area contributed by atoms with Crippen LogP contribution in [0.15, 0.2) is 54.7 Å². The van der Waals surface area contributed by atoms with Crippen LogP contribution >= 0.6 is 11.6 Å². The van der Waals surface area contributed by atoms with Gasteiger partial charge in [-0.25, -0.2) is 9.97 Å². The van der Waals surface area contributed by atoms with E-state index in [-0.39, 0.29) is 23.8 Å². The molecule has 1 fully saturated rings. The number of para-hydroxylation sites is 1. The molecule has 2 aromatic heterocycles. The van der Waals surface area contributed by atoms with E-state index in [0.29, 0.717) is 33.6 Å². The van der Waals surface area contributed by atoms with Crippen molar-refractivity contribution in [1.29, 1.82) is 0 Å². The number of aromatic amines is 1. The van der Waals surface area contributed by atoms with Crippen LogP contribution in [0, 0.1) is 13.8 Å². The molecule has 1 saturated heterocycles. The van der Waals surface area contributed by atoms with Crippen LogP contribution in [0.25, 0.3) is 0 Å². The van der Waals surface area contributed by atoms with Crippen LogP contribution in [0.3, 0.4) is 0 Å². The number of amides is 1. The summed E-state index contributed by atoms with van der Waals surface area (Å²) in [6.45, 7) is 6.95. The largest absolute Gasteiger partial charge is 0.416 e. The van der Waals surface area contributed by atoms with Crippen molar-refractivity contribution in [2.45, 2.75) is 26.6 Å². The van der Waals surface area contributed by atoms with Gasteiger partial charge in [-0.2, -0.15) is 13.2 Å². The van der Waals surface area contributed by atoms with Gasteiger partial charge in [0.05, 0.1) is 22.5 Å². The number of anilines is 5. The Balaban J connectivity index is 1.29. The van der Waals surface area contributed by atoms with Gasteiger partial charge in [-0.15, -0.1) is 0 Å². The Morgan fingerprint density at radius 3 is 2.51 bits per heavy atom. The molecule has 1 aliphatic rings. The Bertz CT molecular complexity index is 1600. The number of carbonyl (C=O) groups is 1. The number of carbonyl (C=O) groups excluding carboxylic acids is 1. The van der Waals surface area contributed by atoms with E-state index in [1.165, 1.54) is 12.3 Å². The highest BCUT2D eigenvalue weighted by atomic mass is 35.5. The van der Waals surface area contributed by atoms with Crippen LogP contribution in [-0.2, 0) is 12.7 Å². The van der Waals surface area contributed by atoms with Crippen LogP contribution in [0.4, 0.5) is 42.0 Å². The third-order valence-corrected chi connectivity index (χ3v) is 7.49. The second kappa shape index (κ2) is 12.6. The maximum absolute atomic E-state index is 14.1. The maximum atomic E-state index is 14.1. The second-order valence-corrected chi connectivity index (χ2v) is 11.0. The number of benzene rings is 2. The van der Waals surface area contributed by atoms with E-state index >= 15 is 0 Å². The zero-order valence-electron chi connectivity index (χ0n) is 23.9. The molecule has 0 bridgehead atoms. The molecule has 0 radical (unpaired) electrons. The van der Waals surface area contributed by atoms with Crippen molar-refractivity contribution < 1.29 is 18.0 Å². The number of rotatable bonds is 8. The zero-order chi connectivity index (χ0) is 30.7. The minimum Gasteiger partial charge on any atom is -0.355 e. The zero-order valence-corrected chi connectivity index (χ0v) is 24.7. The van der Waals surface area contributed by atoms with E-state index in [0.717, 1.165) is 37.8 Å². The van der Waals surface area contributed by atoms with E-state index in [9.17, 15) is 18.0 Å². The van der Waals surface area contributed by atoms with Crippen LogP contribution < -0.4 is 16.0 Å². The molecule has 3 heterocycles. The van der Waals surface area contributed by atoms with Gasteiger partial charge >= 0.3 is 6.18 Å². The summed E-state index contributed by atoms with van der Waals surface area (Å²) in [6.07, 6.45) is -3.12. The topological polar surface area (TPSA) is 101 Å². The first-order valence-electron chi connectivity index (χ1n) is 13.7. The Labute approximate surface area is 252 Å². The van der Waals surface area contributed by atoms with Gasteiger partial charge in [0.2, 0.25) is 5.95 Å². The maximum Gasteiger partial charge on any atom is 0.416 e. The molecule has 2 aromatic carbocycles. The molecule has 0 atom stereocenters. The molecule has 0 unspecified atom stereocenters. The Hall–Kier alpha value is -4.13. The highest BCUT2D eigenvalue weighted by molar-refractivity contribution is 6.34. The average Bonchev–Trinajstić information content (AvgIpc) is 3.40. The summed E-state index contributed by atoms with van der Waals surface area (Å²) in [5.74, 6) is 0.221. The van der Waals surface area contributed by atoms with Crippen molar-refractivity contribution in [2.75, 3.05) is 49.2 Å². The van der Waals surface area contributed by atoms with Crippen molar-refractivity contribution in [3.05, 3.63) is 87.8 Å². The first-order chi connectivity index (χ1) is 20.4. The number of halogens is 4. The lowest BCUT2D eigenvalue weighted by molar-refractivity contribution is -0.138. The third kappa shape index (κ3) is 7.64. The molecule has 5 rings (SSSR count). The third-order valence-electron chi connectivity index (χ3n) is 7.17. The van der Waals surface area contributed by atoms with Crippen molar-refractivity contribution in [1.82, 2.24) is 24.8 Å². The van der Waals surface area contributed by atoms with Crippen molar-refractivity contribution >= 4 is 46.3 Å². The minimum absolute atomic E-state index is 0.198. The number of hydrogen-bond acceptors (Lipinski definition) is 7. The molecule has 226 valence electrons. The number of aromatic nitrogens is 3. The summed E-state index contributed by atoms with van der Waals surface area (Å²) in [4.78, 5) is 28.5. The number of nitrogens with zero attached hydrogens (tertiary/aromatic N) is 4. The molecule has 1 aliphatic heterocycles. The number of hydrogen-bond donors (Lipinski definition) is 4. The summed E-state index contributed by atoms with van der Waals surface area (Å²) >= 11 is 6.22. The van der Waals surface area contributed by atoms with Crippen LogP contribution in [0.5, 0.6) is 0 Å². The monoisotopic (exact) mass is 612 g/mol. The van der Waals surface area contributed by atoms with E-state index < -0.39 is 17.6 Å². The van der Waals surface area contributed by atoms with E-state index in [1.807, 2.05) is 24.9 Å². The van der Waals surface area contributed by atoms with Crippen LogP contribution in [0.2, 0.25) is 5.02 Å². The van der Waals surface area contributed by atoms with E-state index in [1.54, 1.807) is 37.3 Å². The average molecular weight is 613 g/mol. The molecule has 9 nitrogen and oxygen atoms in total. The van der Waals surface area contributed by atoms with E-state index in [2.05, 4.69) is 35.8 Å². The van der Waals surface area contributed by atoms with Gasteiger partial charge in [-0.1, -0.05) is 29.8 Å². The Morgan fingerprint density at radius 1 is 1.02 bits per heavy atom. The minimum atomic E-state index is -4.49. The molecule has 0 saturated carbocycles. The van der Waals surface area contributed by atoms with Crippen LogP contribution in [-0.4, -0.2) is 63.9 Å². The van der Waals surface area contributed by atoms with Gasteiger partial charge in [0.15, 0.2) is 0 Å². The van der Waals surface area contributed by atoms with Gasteiger partial charge in [-0.05, 0) is 56.3 Å². The highest BCUT2D eigenvalue weighted by Crippen LogP contribution is 2.35. The van der Waals surface area contributed by atoms with Gasteiger partial charge in [0.1, 0.15) is 11.5 Å². The van der Waals surface area contributed by atoms with Crippen LogP contribution in [0.1, 0.15) is 32.9 Å². The van der Waals surface area contributed by atoms with Crippen molar-refractivity contribution in [3.8, 4) is 0 Å². The Kier molecular flexibility index (Phi) is 8.90. The fourth-order valence-electron chi connectivity index (χ4n) is 4.87. The first kappa shape index (κ1) is 30.3. The lowest BCUT2D eigenvalue weighted by Crippen LogP contribution is -2.44. The number of H-pyrrole nitrogens is 1. The number of imidazole rings is 1. The molecular formula is C30H32ClF3N8O. The number of piperazine rings is 1. The summed E-state index contributed by atoms with van der Waals surface area (Å²) in [5, 5.41) is 9.29. The van der Waals surface area contributed by atoms with E-state index in [4.69, 9.17) is 11.6 Å². The molecule has 43 heavy (non-hydrogen) atoms. The first-order valence-corrected chi connectivity index (χ1v) is 14.1. The smallest absolute Gasteiger partial charge is 0.355 e. The summed E-state index contributed by atoms with van der Waals surface area (Å²) in [7, 11) is 2.01. The molecule has 0 spiro atoms. The fourth-order valence-corrected chi connectivity index (χ4v) is 5.14. The SMILES string of the molecule is Cc1cc(Nc2ccc(CN3CCN(C)CC3)c(C(F)(F)F)c2)cc(Nc2ncc(C(=O)Nc3c(C)cccc3Cl)[nH]2)n1. The molecule has 13 heteroatoms. The lowest BCUT2D eigenvalue weighted by Gasteiger charge is -2.33. The van der Waals surface area contributed by atoms with Gasteiger partial charge in [0, 0.05) is 55.9 Å². The highest BCUT2D eigenvalue weighted by Gasteiger charge is 2.34. The normalized spacial score (nSPS) is 14.5. The standard InChI is InChI=1S/C30H32ClF3N8O/c1-18-5-4-6-24(31)27(18)40-28(43)25-16-35-29(38-25)39-26-15-22(13-19(2)36-26)37-21-8-7-20(23(14-21)30(32,33)34)17-42-11-9-41(3)10-12-42/h4-8,13-16H,9-12,17H2,1-3H3,(H,40,43)(H3,35,36,37,38,39). The number of aryl methyl sites for hydroxylation is 2. The number of pyridine rings is 1. The molecular weight excluding hydrogens is 581 g/mol. The summed E-state index contributed by atoms with van der Waals surface area (Å²) in [5.41, 5.74) is 2.57. The second-order valence-electron chi connectivity index (χ2n) is 10.6. The van der Waals surface area contributed by atoms with Gasteiger partial charge in [0.25, 0.3) is 5.91 Å².